The molecule has 0 atom stereocenters. The van der Waals surface area contributed by atoms with E-state index in [2.05, 4.69) is 11.3 Å². The molecule has 0 spiro atoms. The fourth-order valence-corrected chi connectivity index (χ4v) is 0.538. The number of amides is 1. The second-order valence-electron chi connectivity index (χ2n) is 1.95. The molecule has 0 aromatic heterocycles. The number of allylic oxidation sites excluding steroid dienone is 2. The van der Waals surface area contributed by atoms with E-state index in [9.17, 15) is 4.79 Å². The molecule has 0 fully saturated rings. The third-order valence-corrected chi connectivity index (χ3v) is 0.998. The van der Waals surface area contributed by atoms with Crippen LogP contribution in [0.3, 0.4) is 0 Å². The summed E-state index contributed by atoms with van der Waals surface area (Å²) in [5.74, 6) is 0. The molecule has 0 radical (unpaired) electrons. The van der Waals surface area contributed by atoms with E-state index >= 15 is 0 Å². The topological polar surface area (TPSA) is 52.3 Å². The average molecular weight is 155 g/mol. The first kappa shape index (κ1) is 9.75. The van der Waals surface area contributed by atoms with Gasteiger partial charge in [-0.2, -0.15) is 0 Å². The van der Waals surface area contributed by atoms with Crippen LogP contribution < -0.4 is 5.73 Å². The predicted molar refractivity (Wildman–Crippen MR) is 44.1 cm³/mol. The average Bonchev–Trinajstić information content (AvgIpc) is 1.96. The zero-order valence-corrected chi connectivity index (χ0v) is 6.45. The zero-order chi connectivity index (χ0) is 8.53. The molecule has 0 bridgehead atoms. The van der Waals surface area contributed by atoms with E-state index in [-0.39, 0.29) is 0 Å². The molecule has 0 saturated heterocycles. The van der Waals surface area contributed by atoms with Crippen molar-refractivity contribution in [3.05, 3.63) is 24.8 Å². The van der Waals surface area contributed by atoms with Gasteiger partial charge in [0.1, 0.15) is 0 Å². The van der Waals surface area contributed by atoms with Crippen molar-refractivity contribution in [1.29, 1.82) is 0 Å². The maximum atomic E-state index is 10.0. The lowest BCUT2D eigenvalue weighted by Gasteiger charge is -1.95. The van der Waals surface area contributed by atoms with Gasteiger partial charge in [-0.1, -0.05) is 18.2 Å². The Labute approximate surface area is 66.5 Å². The maximum absolute atomic E-state index is 10.0. The molecule has 11 heavy (non-hydrogen) atoms. The van der Waals surface area contributed by atoms with Gasteiger partial charge < -0.3 is 10.5 Å². The second-order valence-corrected chi connectivity index (χ2v) is 1.95. The van der Waals surface area contributed by atoms with Gasteiger partial charge in [-0.05, 0) is 12.8 Å². The van der Waals surface area contributed by atoms with E-state index in [1.54, 1.807) is 6.08 Å². The van der Waals surface area contributed by atoms with Crippen LogP contribution in [0.5, 0.6) is 0 Å². The number of rotatable bonds is 5. The first-order valence-electron chi connectivity index (χ1n) is 3.45. The summed E-state index contributed by atoms with van der Waals surface area (Å²) in [5, 5.41) is 0. The van der Waals surface area contributed by atoms with Gasteiger partial charge in [0.25, 0.3) is 0 Å². The van der Waals surface area contributed by atoms with Gasteiger partial charge in [-0.15, -0.1) is 6.58 Å². The molecule has 3 heteroatoms. The molecule has 2 N–H and O–H groups in total. The zero-order valence-electron chi connectivity index (χ0n) is 6.45. The number of primary amides is 1. The predicted octanol–water partition coefficient (Wildman–Crippen LogP) is 1.60. The lowest BCUT2D eigenvalue weighted by atomic mass is 10.3. The quantitative estimate of drug-likeness (QED) is 0.484. The summed E-state index contributed by atoms with van der Waals surface area (Å²) in [7, 11) is 0. The minimum absolute atomic E-state index is 0.350. The van der Waals surface area contributed by atoms with Gasteiger partial charge in [-0.25, -0.2) is 4.79 Å². The highest BCUT2D eigenvalue weighted by molar-refractivity contribution is 5.64. The van der Waals surface area contributed by atoms with Crippen molar-refractivity contribution in [1.82, 2.24) is 0 Å². The van der Waals surface area contributed by atoms with Crippen molar-refractivity contribution < 1.29 is 9.53 Å². The Kier molecular flexibility index (Phi) is 6.08. The van der Waals surface area contributed by atoms with Crippen LogP contribution >= 0.6 is 0 Å². The van der Waals surface area contributed by atoms with Crippen molar-refractivity contribution >= 4 is 6.09 Å². The molecule has 62 valence electrons. The van der Waals surface area contributed by atoms with Crippen LogP contribution in [0.25, 0.3) is 0 Å². The van der Waals surface area contributed by atoms with Crippen molar-refractivity contribution in [3.8, 4) is 0 Å². The number of carbonyl (C=O) groups excluding carboxylic acids is 1. The minimum atomic E-state index is -0.720. The third kappa shape index (κ3) is 8.75. The first-order valence-corrected chi connectivity index (χ1v) is 3.45. The van der Waals surface area contributed by atoms with Crippen molar-refractivity contribution in [2.45, 2.75) is 12.8 Å². The summed E-state index contributed by atoms with van der Waals surface area (Å²) in [6, 6.07) is 0. The molecule has 0 unspecified atom stereocenters. The van der Waals surface area contributed by atoms with E-state index in [4.69, 9.17) is 5.73 Å². The van der Waals surface area contributed by atoms with E-state index in [0.29, 0.717) is 13.0 Å². The largest absolute Gasteiger partial charge is 0.449 e. The van der Waals surface area contributed by atoms with Crippen molar-refractivity contribution in [2.75, 3.05) is 6.61 Å². The van der Waals surface area contributed by atoms with Crippen LogP contribution in [-0.2, 0) is 4.74 Å². The normalized spacial score (nSPS) is 9.82. The standard InChI is InChI=1S/C8H13NO2/c1-2-3-4-5-6-7-11-8(9)10/h2,4-5H,1,3,6-7H2,(H2,9,10). The van der Waals surface area contributed by atoms with Gasteiger partial charge in [0.2, 0.25) is 0 Å². The van der Waals surface area contributed by atoms with E-state index in [1.807, 2.05) is 12.2 Å². The Hall–Kier alpha value is -1.25. The number of hydrogen-bond donors (Lipinski definition) is 1. The number of ether oxygens (including phenoxy) is 1. The maximum Gasteiger partial charge on any atom is 0.404 e. The summed E-state index contributed by atoms with van der Waals surface area (Å²) in [6.07, 6.45) is 6.50. The highest BCUT2D eigenvalue weighted by atomic mass is 16.5. The molecule has 0 saturated carbocycles. The molecular weight excluding hydrogens is 142 g/mol. The van der Waals surface area contributed by atoms with E-state index in [0.717, 1.165) is 6.42 Å². The highest BCUT2D eigenvalue weighted by Crippen LogP contribution is 1.88. The van der Waals surface area contributed by atoms with Gasteiger partial charge in [0.05, 0.1) is 6.61 Å². The fraction of sp³-hybridized carbons (Fsp3) is 0.375. The molecule has 0 heterocycles. The van der Waals surface area contributed by atoms with Gasteiger partial charge in [0.15, 0.2) is 0 Å². The Morgan fingerprint density at radius 3 is 2.82 bits per heavy atom. The summed E-state index contributed by atoms with van der Waals surface area (Å²) < 4.78 is 4.48. The van der Waals surface area contributed by atoms with Crippen LogP contribution in [0, 0.1) is 0 Å². The number of nitrogens with two attached hydrogens (primary N) is 1. The number of carbonyl (C=O) groups is 1. The van der Waals surface area contributed by atoms with Crippen molar-refractivity contribution in [3.63, 3.8) is 0 Å². The van der Waals surface area contributed by atoms with Crippen LogP contribution in [0.15, 0.2) is 24.8 Å². The Bertz CT molecular complexity index is 152. The monoisotopic (exact) mass is 155 g/mol. The molecule has 0 rings (SSSR count). The van der Waals surface area contributed by atoms with Gasteiger partial charge in [0, 0.05) is 0 Å². The van der Waals surface area contributed by atoms with Crippen LogP contribution in [0.1, 0.15) is 12.8 Å². The van der Waals surface area contributed by atoms with Crippen LogP contribution in [-0.4, -0.2) is 12.7 Å². The van der Waals surface area contributed by atoms with Gasteiger partial charge in [-0.3, -0.25) is 0 Å². The molecule has 3 nitrogen and oxygen atoms in total. The number of hydrogen-bond acceptors (Lipinski definition) is 2. The molecule has 0 aliphatic heterocycles. The van der Waals surface area contributed by atoms with Gasteiger partial charge >= 0.3 is 6.09 Å². The molecule has 0 aliphatic rings. The van der Waals surface area contributed by atoms with Crippen LogP contribution in [0.2, 0.25) is 0 Å². The van der Waals surface area contributed by atoms with E-state index < -0.39 is 6.09 Å². The second kappa shape index (κ2) is 6.86. The SMILES string of the molecule is C=CCC=CCCOC(N)=O. The summed E-state index contributed by atoms with van der Waals surface area (Å²) in [4.78, 5) is 10.0. The summed E-state index contributed by atoms with van der Waals surface area (Å²) in [6.45, 7) is 3.90. The highest BCUT2D eigenvalue weighted by Gasteiger charge is 1.88. The third-order valence-electron chi connectivity index (χ3n) is 0.998. The molecule has 0 aromatic carbocycles. The fourth-order valence-electron chi connectivity index (χ4n) is 0.538. The lowest BCUT2D eigenvalue weighted by Crippen LogP contribution is -2.13. The Morgan fingerprint density at radius 1 is 1.55 bits per heavy atom. The molecule has 0 aliphatic carbocycles. The molecule has 0 aromatic rings. The Balaban J connectivity index is 3.13. The summed E-state index contributed by atoms with van der Waals surface area (Å²) in [5.41, 5.74) is 4.73. The van der Waals surface area contributed by atoms with Crippen molar-refractivity contribution in [2.24, 2.45) is 5.73 Å². The summed E-state index contributed by atoms with van der Waals surface area (Å²) >= 11 is 0. The lowest BCUT2D eigenvalue weighted by molar-refractivity contribution is 0.159. The Morgan fingerprint density at radius 2 is 2.27 bits per heavy atom. The molecular formula is C8H13NO2. The van der Waals surface area contributed by atoms with Crippen LogP contribution in [0.4, 0.5) is 4.79 Å². The minimum Gasteiger partial charge on any atom is -0.449 e. The first-order chi connectivity index (χ1) is 5.27. The van der Waals surface area contributed by atoms with E-state index in [1.165, 1.54) is 0 Å². The molecule has 1 amide bonds. The smallest absolute Gasteiger partial charge is 0.404 e.